The fourth-order valence-corrected chi connectivity index (χ4v) is 9.07. The molecule has 4 unspecified atom stereocenters. The van der Waals surface area contributed by atoms with E-state index in [1.54, 1.807) is 80.6 Å². The van der Waals surface area contributed by atoms with Crippen molar-refractivity contribution in [2.45, 2.75) is 47.7 Å². The second kappa shape index (κ2) is 7.00. The quantitative estimate of drug-likeness (QED) is 0.295. The van der Waals surface area contributed by atoms with Crippen LogP contribution in [-0.4, -0.2) is 38.9 Å². The molecule has 0 aromatic heterocycles. The predicted octanol–water partition coefficient (Wildman–Crippen LogP) is 7.70. The Labute approximate surface area is 206 Å². The van der Waals surface area contributed by atoms with Crippen molar-refractivity contribution in [1.82, 2.24) is 0 Å². The highest BCUT2D eigenvalue weighted by Gasteiger charge is 2.85. The van der Waals surface area contributed by atoms with Gasteiger partial charge in [0.2, 0.25) is 0 Å². The van der Waals surface area contributed by atoms with Crippen LogP contribution in [0, 0.1) is 5.41 Å². The van der Waals surface area contributed by atoms with Crippen molar-refractivity contribution in [2.75, 3.05) is 0 Å². The molecule has 2 aromatic carbocycles. The number of rotatable bonds is 2. The predicted molar refractivity (Wildman–Crippen MR) is 129 cm³/mol. The first-order chi connectivity index (χ1) is 16.4. The molecule has 35 heavy (non-hydrogen) atoms. The maximum atomic E-state index is 15.3. The van der Waals surface area contributed by atoms with Crippen molar-refractivity contribution in [3.8, 4) is 0 Å². The average molecular weight is 524 g/mol. The van der Waals surface area contributed by atoms with E-state index < -0.39 is 50.4 Å². The van der Waals surface area contributed by atoms with Gasteiger partial charge in [-0.2, -0.15) is 26.3 Å². The molecule has 0 radical (unpaired) electrons. The molecule has 0 N–H and O–H groups in total. The molecule has 4 aliphatic rings. The fourth-order valence-electron chi connectivity index (χ4n) is 5.62. The Kier molecular flexibility index (Phi) is 4.66. The summed E-state index contributed by atoms with van der Waals surface area (Å²) in [4.78, 5) is 5.43. The lowest BCUT2D eigenvalue weighted by atomic mass is 9.60. The summed E-state index contributed by atoms with van der Waals surface area (Å²) >= 11 is 1.83. The van der Waals surface area contributed by atoms with Crippen LogP contribution in [0.2, 0.25) is 0 Å². The van der Waals surface area contributed by atoms with E-state index >= 15 is 17.6 Å². The summed E-state index contributed by atoms with van der Waals surface area (Å²) in [6.07, 6.45) is 1.77. The van der Waals surface area contributed by atoms with Crippen LogP contribution in [0.5, 0.6) is 0 Å². The van der Waals surface area contributed by atoms with Crippen molar-refractivity contribution in [1.29, 1.82) is 0 Å². The zero-order valence-corrected chi connectivity index (χ0v) is 20.2. The minimum Gasteiger partial charge on any atom is -0.269 e. The molecule has 2 aliphatic carbocycles. The lowest BCUT2D eigenvalue weighted by Gasteiger charge is -2.50. The van der Waals surface area contributed by atoms with E-state index in [2.05, 4.69) is 0 Å². The van der Waals surface area contributed by atoms with Gasteiger partial charge in [0, 0.05) is 32.3 Å². The van der Waals surface area contributed by atoms with Gasteiger partial charge in [-0.15, -0.1) is 11.8 Å². The number of hydrogen-bond donors (Lipinski definition) is 0. The molecule has 2 heterocycles. The van der Waals surface area contributed by atoms with Gasteiger partial charge in [0.25, 0.3) is 0 Å². The number of halogens is 6. The molecule has 182 valence electrons. The number of thioether (sulfide) groups is 2. The topological polar surface area (TPSA) is 12.4 Å². The Morgan fingerprint density at radius 1 is 0.686 bits per heavy atom. The van der Waals surface area contributed by atoms with E-state index in [0.29, 0.717) is 21.1 Å². The fraction of sp³-hybridized carbons (Fsp3) is 0.346. The first-order valence-electron chi connectivity index (χ1n) is 11.0. The molecule has 4 atom stereocenters. The number of aliphatic imine (C=N–C) groups is 1. The smallest absolute Gasteiger partial charge is 0.269 e. The Morgan fingerprint density at radius 3 is 1.77 bits per heavy atom. The molecule has 2 aliphatic heterocycles. The van der Waals surface area contributed by atoms with Gasteiger partial charge in [0.15, 0.2) is 0 Å². The molecule has 0 bridgehead atoms. The molecule has 0 fully saturated rings. The first kappa shape index (κ1) is 23.3. The molecule has 0 amide bonds. The Bertz CT molecular complexity index is 1220. The third-order valence-corrected chi connectivity index (χ3v) is 10.8. The molecule has 6 rings (SSSR count). The normalized spacial score (nSPS) is 35.8. The second-order valence-corrected chi connectivity index (χ2v) is 11.9. The molecule has 0 spiro atoms. The van der Waals surface area contributed by atoms with Crippen molar-refractivity contribution in [3.63, 3.8) is 0 Å². The first-order valence-corrected chi connectivity index (χ1v) is 12.8. The van der Waals surface area contributed by atoms with Gasteiger partial charge in [-0.3, -0.25) is 4.99 Å². The van der Waals surface area contributed by atoms with Gasteiger partial charge in [-0.05, 0) is 12.5 Å². The Hall–Kier alpha value is -2.13. The lowest BCUT2D eigenvalue weighted by Crippen LogP contribution is -2.57. The minimum absolute atomic E-state index is 0.382. The molecule has 9 heteroatoms. The summed E-state index contributed by atoms with van der Waals surface area (Å²) < 4.78 is 90.9. The summed E-state index contributed by atoms with van der Waals surface area (Å²) in [5, 5.41) is -2.30. The summed E-state index contributed by atoms with van der Waals surface area (Å²) in [5.74, 6) is -15.5. The highest BCUT2D eigenvalue weighted by Crippen LogP contribution is 2.74. The van der Waals surface area contributed by atoms with Gasteiger partial charge in [-0.25, -0.2) is 0 Å². The van der Waals surface area contributed by atoms with Gasteiger partial charge < -0.3 is 0 Å². The van der Waals surface area contributed by atoms with E-state index in [9.17, 15) is 8.78 Å². The Morgan fingerprint density at radius 2 is 1.20 bits per heavy atom. The van der Waals surface area contributed by atoms with Crippen molar-refractivity contribution in [3.05, 3.63) is 89.0 Å². The number of fused-ring (bicyclic) bond motifs is 5. The molecular formula is C26H19F6NS2. The SMILES string of the molecule is CC12C=C(c3ccccc3)SC1C1=C(C3SC(c4ccccc4)=NC32C)C(F)(F)C(F)(F)C1(F)F. The third kappa shape index (κ3) is 2.69. The van der Waals surface area contributed by atoms with Crippen LogP contribution in [0.3, 0.4) is 0 Å². The van der Waals surface area contributed by atoms with Gasteiger partial charge in [0.05, 0.1) is 15.8 Å². The van der Waals surface area contributed by atoms with Crippen LogP contribution < -0.4 is 0 Å². The van der Waals surface area contributed by atoms with Gasteiger partial charge >= 0.3 is 17.8 Å². The molecule has 1 nitrogen and oxygen atoms in total. The largest absolute Gasteiger partial charge is 0.380 e. The van der Waals surface area contributed by atoms with Crippen molar-refractivity contribution >= 4 is 33.5 Å². The molecular weight excluding hydrogens is 504 g/mol. The number of benzene rings is 2. The van der Waals surface area contributed by atoms with Crippen LogP contribution in [0.25, 0.3) is 4.91 Å². The van der Waals surface area contributed by atoms with E-state index in [4.69, 9.17) is 4.99 Å². The Balaban J connectivity index is 1.62. The maximum absolute atomic E-state index is 15.3. The van der Waals surface area contributed by atoms with Crippen LogP contribution in [0.4, 0.5) is 26.3 Å². The maximum Gasteiger partial charge on any atom is 0.380 e. The van der Waals surface area contributed by atoms with Crippen molar-refractivity contribution < 1.29 is 26.3 Å². The highest BCUT2D eigenvalue weighted by molar-refractivity contribution is 8.15. The zero-order chi connectivity index (χ0) is 25.0. The van der Waals surface area contributed by atoms with Gasteiger partial charge in [0.1, 0.15) is 0 Å². The lowest BCUT2D eigenvalue weighted by molar-refractivity contribution is -0.265. The van der Waals surface area contributed by atoms with Crippen LogP contribution in [-0.2, 0) is 0 Å². The van der Waals surface area contributed by atoms with E-state index in [1.165, 1.54) is 0 Å². The number of alkyl halides is 6. The highest BCUT2D eigenvalue weighted by atomic mass is 32.2. The average Bonchev–Trinajstić information content (AvgIpc) is 3.40. The molecule has 0 saturated carbocycles. The molecule has 0 saturated heterocycles. The monoisotopic (exact) mass is 523 g/mol. The standard InChI is InChI=1S/C26H19F6NS2/c1-22-13-16(14-9-5-3-6-10-14)34-19(22)17-18(25(29,30)26(31,32)24(17,27)28)20-23(22,2)33-21(35-20)15-11-7-4-8-12-15/h3-13,19-20H,1-2H3. The van der Waals surface area contributed by atoms with Crippen LogP contribution in [0.1, 0.15) is 25.0 Å². The van der Waals surface area contributed by atoms with Crippen LogP contribution in [0.15, 0.2) is 82.9 Å². The summed E-state index contributed by atoms with van der Waals surface area (Å²) in [6, 6.07) is 17.7. The van der Waals surface area contributed by atoms with Gasteiger partial charge in [-0.1, -0.05) is 85.4 Å². The minimum atomic E-state index is -5.52. The van der Waals surface area contributed by atoms with Crippen LogP contribution >= 0.6 is 23.5 Å². The number of nitrogens with zero attached hydrogens (tertiary/aromatic N) is 1. The summed E-state index contributed by atoms with van der Waals surface area (Å²) in [5.41, 5.74) is -3.51. The summed E-state index contributed by atoms with van der Waals surface area (Å²) in [6.45, 7) is 3.31. The van der Waals surface area contributed by atoms with E-state index in [-0.39, 0.29) is 0 Å². The zero-order valence-electron chi connectivity index (χ0n) is 18.5. The second-order valence-electron chi connectivity index (χ2n) is 9.63. The third-order valence-electron chi connectivity index (χ3n) is 7.74. The molecule has 2 aromatic rings. The number of hydrogen-bond acceptors (Lipinski definition) is 3. The summed E-state index contributed by atoms with van der Waals surface area (Å²) in [7, 11) is 0. The van der Waals surface area contributed by atoms with Crippen molar-refractivity contribution in [2.24, 2.45) is 10.4 Å². The van der Waals surface area contributed by atoms with E-state index in [1.807, 2.05) is 0 Å². The van der Waals surface area contributed by atoms with E-state index in [0.717, 1.165) is 23.5 Å².